The molecule has 0 radical (unpaired) electrons. The summed E-state index contributed by atoms with van der Waals surface area (Å²) < 4.78 is 0. The van der Waals surface area contributed by atoms with Gasteiger partial charge >= 0.3 is 0 Å². The highest BCUT2D eigenvalue weighted by atomic mass is 15.1. The van der Waals surface area contributed by atoms with E-state index in [2.05, 4.69) is 310 Å². The van der Waals surface area contributed by atoms with Crippen molar-refractivity contribution < 1.29 is 0 Å². The van der Waals surface area contributed by atoms with E-state index in [1.54, 1.807) is 0 Å². The molecule has 2 nitrogen and oxygen atoms in total. The van der Waals surface area contributed by atoms with Crippen molar-refractivity contribution >= 4 is 55.7 Å². The van der Waals surface area contributed by atoms with Crippen LogP contribution in [0.4, 0.5) is 34.1 Å². The maximum absolute atomic E-state index is 2.35. The van der Waals surface area contributed by atoms with Gasteiger partial charge in [-0.3, -0.25) is 0 Å². The van der Waals surface area contributed by atoms with Crippen LogP contribution < -0.4 is 9.80 Å². The Kier molecular flexibility index (Phi) is 12.5. The van der Waals surface area contributed by atoms with Gasteiger partial charge in [0, 0.05) is 40.0 Å². The van der Waals surface area contributed by atoms with Crippen molar-refractivity contribution in [3.05, 3.63) is 301 Å². The Morgan fingerprint density at radius 3 is 1.04 bits per heavy atom. The smallest absolute Gasteiger partial charge is 0.0462 e. The van der Waals surface area contributed by atoms with E-state index in [4.69, 9.17) is 0 Å². The molecule has 12 rings (SSSR count). The third-order valence-electron chi connectivity index (χ3n) is 14.8. The van der Waals surface area contributed by atoms with E-state index in [-0.39, 0.29) is 5.92 Å². The van der Waals surface area contributed by atoms with E-state index in [1.807, 2.05) is 0 Å². The van der Waals surface area contributed by atoms with Crippen molar-refractivity contribution in [3.8, 4) is 44.5 Å². The number of hydrogen-bond acceptors (Lipinski definition) is 2. The van der Waals surface area contributed by atoms with E-state index in [1.165, 1.54) is 88.3 Å². The number of aryl methyl sites for hydroxylation is 2. The second-order valence-electron chi connectivity index (χ2n) is 19.6. The minimum absolute atomic E-state index is 0.192. The molecule has 0 unspecified atom stereocenters. The number of rotatable bonds is 12. The van der Waals surface area contributed by atoms with Gasteiger partial charge in [-0.25, -0.2) is 0 Å². The molecule has 0 saturated carbocycles. The highest BCUT2D eigenvalue weighted by Gasteiger charge is 2.18. The van der Waals surface area contributed by atoms with Crippen LogP contribution in [0, 0.1) is 13.8 Å². The fraction of sp³-hybridized carbons (Fsp3) is 0.0556. The Morgan fingerprint density at radius 2 is 0.581 bits per heavy atom. The zero-order valence-electron chi connectivity index (χ0n) is 42.0. The van der Waals surface area contributed by atoms with Gasteiger partial charge in [-0.2, -0.15) is 0 Å². The van der Waals surface area contributed by atoms with Gasteiger partial charge in [-0.15, -0.1) is 0 Å². The largest absolute Gasteiger partial charge is 0.311 e. The molecule has 0 heterocycles. The highest BCUT2D eigenvalue weighted by molar-refractivity contribution is 5.97. The summed E-state index contributed by atoms with van der Waals surface area (Å²) in [6.45, 7) is 6.59. The Balaban J connectivity index is 0.772. The van der Waals surface area contributed by atoms with Gasteiger partial charge in [0.1, 0.15) is 0 Å². The number of anilines is 6. The second kappa shape index (κ2) is 20.1. The van der Waals surface area contributed by atoms with Crippen LogP contribution in [0.5, 0.6) is 0 Å². The van der Waals surface area contributed by atoms with Crippen molar-refractivity contribution in [2.75, 3.05) is 9.80 Å². The second-order valence-corrected chi connectivity index (χ2v) is 19.6. The standard InChI is InChI=1S/C72H56N2/c1-50-15-37-65(38-16-50)73(69-45-33-58(34-46-69)56-19-21-60(22-20-56)64-28-25-55-9-4-5-11-63(55)49-64)67-41-29-53(30-42-67)52(3)54-31-43-68(44-32-54)74(66-39-17-51(2)18-40-66)70-47-35-59(36-48-70)57-23-26-62(27-24-57)72-14-8-12-61-10-6-7-13-71(61)72/h4-49,52H,1-3H3/t52-/m0/s1. The maximum Gasteiger partial charge on any atom is 0.0462 e. The minimum Gasteiger partial charge on any atom is -0.311 e. The minimum atomic E-state index is 0.192. The summed E-state index contributed by atoms with van der Waals surface area (Å²) >= 11 is 0. The zero-order valence-corrected chi connectivity index (χ0v) is 42.0. The molecule has 2 heteroatoms. The van der Waals surface area contributed by atoms with Crippen LogP contribution in [0.1, 0.15) is 35.1 Å². The van der Waals surface area contributed by atoms with Crippen LogP contribution in [0.25, 0.3) is 66.1 Å². The molecule has 0 N–H and O–H groups in total. The quantitative estimate of drug-likeness (QED) is 0.120. The molecule has 1 atom stereocenters. The first-order chi connectivity index (χ1) is 36.4. The molecule has 0 aliphatic carbocycles. The lowest BCUT2D eigenvalue weighted by Crippen LogP contribution is -2.10. The Bertz CT molecular complexity index is 3850. The zero-order chi connectivity index (χ0) is 50.0. The third kappa shape index (κ3) is 9.38. The predicted octanol–water partition coefficient (Wildman–Crippen LogP) is 20.4. The molecular formula is C72H56N2. The average Bonchev–Trinajstić information content (AvgIpc) is 3.46. The summed E-state index contributed by atoms with van der Waals surface area (Å²) in [4.78, 5) is 4.70. The maximum atomic E-state index is 2.35. The topological polar surface area (TPSA) is 6.48 Å². The molecule has 354 valence electrons. The first kappa shape index (κ1) is 45.9. The van der Waals surface area contributed by atoms with Crippen LogP contribution >= 0.6 is 0 Å². The SMILES string of the molecule is Cc1ccc(N(c2ccc(-c3ccc(-c4ccc5ccccc5c4)cc3)cc2)c2ccc([C@H](C)c3ccc(N(c4ccc(C)cc4)c4ccc(-c5ccc(-c6cccc7ccccc67)cc5)cc4)cc3)cc2)cc1. The predicted molar refractivity (Wildman–Crippen MR) is 316 cm³/mol. The van der Waals surface area contributed by atoms with Crippen LogP contribution in [-0.4, -0.2) is 0 Å². The van der Waals surface area contributed by atoms with E-state index in [0.29, 0.717) is 0 Å². The number of hydrogen-bond donors (Lipinski definition) is 0. The van der Waals surface area contributed by atoms with Gasteiger partial charge in [-0.05, 0) is 170 Å². The molecule has 12 aromatic carbocycles. The van der Waals surface area contributed by atoms with Crippen molar-refractivity contribution in [2.24, 2.45) is 0 Å². The Morgan fingerprint density at radius 1 is 0.257 bits per heavy atom. The van der Waals surface area contributed by atoms with Gasteiger partial charge in [-0.1, -0.05) is 218 Å². The van der Waals surface area contributed by atoms with Gasteiger partial charge in [0.05, 0.1) is 0 Å². The highest BCUT2D eigenvalue weighted by Crippen LogP contribution is 2.40. The summed E-state index contributed by atoms with van der Waals surface area (Å²) in [5, 5.41) is 5.05. The molecule has 0 saturated heterocycles. The molecule has 0 amide bonds. The average molecular weight is 949 g/mol. The van der Waals surface area contributed by atoms with Crippen LogP contribution in [0.3, 0.4) is 0 Å². The van der Waals surface area contributed by atoms with Gasteiger partial charge in [0.25, 0.3) is 0 Å². The lowest BCUT2D eigenvalue weighted by Gasteiger charge is -2.27. The molecule has 0 spiro atoms. The molecule has 0 bridgehead atoms. The molecule has 74 heavy (non-hydrogen) atoms. The summed E-state index contributed by atoms with van der Waals surface area (Å²) in [6.07, 6.45) is 0. The first-order valence-corrected chi connectivity index (χ1v) is 25.7. The molecular weight excluding hydrogens is 893 g/mol. The first-order valence-electron chi connectivity index (χ1n) is 25.7. The summed E-state index contributed by atoms with van der Waals surface area (Å²) in [5.74, 6) is 0.192. The van der Waals surface area contributed by atoms with Gasteiger partial charge in [0.2, 0.25) is 0 Å². The van der Waals surface area contributed by atoms with E-state index in [9.17, 15) is 0 Å². The van der Waals surface area contributed by atoms with E-state index >= 15 is 0 Å². The van der Waals surface area contributed by atoms with Crippen molar-refractivity contribution in [3.63, 3.8) is 0 Å². The molecule has 12 aromatic rings. The summed E-state index contributed by atoms with van der Waals surface area (Å²) in [6, 6.07) is 102. The van der Waals surface area contributed by atoms with E-state index in [0.717, 1.165) is 34.1 Å². The molecule has 0 fully saturated rings. The van der Waals surface area contributed by atoms with Gasteiger partial charge in [0.15, 0.2) is 0 Å². The lowest BCUT2D eigenvalue weighted by molar-refractivity contribution is 0.922. The number of benzene rings is 12. The number of nitrogens with zero attached hydrogens (tertiary/aromatic N) is 2. The third-order valence-corrected chi connectivity index (χ3v) is 14.8. The van der Waals surface area contributed by atoms with Crippen LogP contribution in [0.15, 0.2) is 279 Å². The lowest BCUT2D eigenvalue weighted by atomic mass is 9.92. The monoisotopic (exact) mass is 948 g/mol. The van der Waals surface area contributed by atoms with Crippen LogP contribution in [-0.2, 0) is 0 Å². The number of fused-ring (bicyclic) bond motifs is 2. The fourth-order valence-corrected chi connectivity index (χ4v) is 10.4. The van der Waals surface area contributed by atoms with Crippen molar-refractivity contribution in [1.82, 2.24) is 0 Å². The normalized spacial score (nSPS) is 11.7. The van der Waals surface area contributed by atoms with Crippen molar-refractivity contribution in [1.29, 1.82) is 0 Å². The molecule has 0 aromatic heterocycles. The molecule has 0 aliphatic heterocycles. The van der Waals surface area contributed by atoms with Crippen molar-refractivity contribution in [2.45, 2.75) is 26.7 Å². The summed E-state index contributed by atoms with van der Waals surface area (Å²) in [7, 11) is 0. The van der Waals surface area contributed by atoms with Crippen LogP contribution in [0.2, 0.25) is 0 Å². The molecule has 0 aliphatic rings. The fourth-order valence-electron chi connectivity index (χ4n) is 10.4. The summed E-state index contributed by atoms with van der Waals surface area (Å²) in [5.41, 5.74) is 21.4. The Hall–Kier alpha value is -9.24. The Labute approximate surface area is 435 Å². The van der Waals surface area contributed by atoms with Gasteiger partial charge < -0.3 is 9.80 Å². The van der Waals surface area contributed by atoms with E-state index < -0.39 is 0 Å².